The van der Waals surface area contributed by atoms with Crippen molar-refractivity contribution in [2.45, 2.75) is 59.2 Å². The summed E-state index contributed by atoms with van der Waals surface area (Å²) in [7, 11) is 2.15. The Morgan fingerprint density at radius 1 is 1.12 bits per heavy atom. The molecular weight excluding hydrogens is 508 g/mol. The zero-order valence-electron chi connectivity index (χ0n) is 24.3. The molecule has 11 nitrogen and oxygen atoms in total. The van der Waals surface area contributed by atoms with Gasteiger partial charge in [0.25, 0.3) is 17.4 Å². The lowest BCUT2D eigenvalue weighted by Crippen LogP contribution is -2.53. The number of pyridine rings is 2. The number of aromatic amines is 1. The SMILES string of the molecule is Cc1cc(C)c(CNC(=O)c2cc(C(=O)N3CCC(N4CCN(C)CC4)CC3)nc(NC(C)C)c2C=N)c(=O)[nH]1. The third-order valence-electron chi connectivity index (χ3n) is 7.82. The Labute approximate surface area is 235 Å². The van der Waals surface area contributed by atoms with Crippen LogP contribution in [0.5, 0.6) is 0 Å². The van der Waals surface area contributed by atoms with Gasteiger partial charge in [0.05, 0.1) is 5.56 Å². The number of likely N-dealkylation sites (N-methyl/N-ethyl adjacent to an activating group) is 1. The number of H-pyrrole nitrogens is 1. The summed E-state index contributed by atoms with van der Waals surface area (Å²) in [6, 6.07) is 3.77. The van der Waals surface area contributed by atoms with E-state index < -0.39 is 5.91 Å². The van der Waals surface area contributed by atoms with Gasteiger partial charge < -0.3 is 30.8 Å². The van der Waals surface area contributed by atoms with Crippen molar-refractivity contribution in [3.8, 4) is 0 Å². The maximum Gasteiger partial charge on any atom is 0.272 e. The molecule has 2 aromatic heterocycles. The summed E-state index contributed by atoms with van der Waals surface area (Å²) in [5, 5.41) is 14.0. The number of amides is 2. The first-order valence-electron chi connectivity index (χ1n) is 14.1. The predicted octanol–water partition coefficient (Wildman–Crippen LogP) is 1.99. The lowest BCUT2D eigenvalue weighted by atomic mass is 10.0. The average Bonchev–Trinajstić information content (AvgIpc) is 2.91. The van der Waals surface area contributed by atoms with E-state index in [4.69, 9.17) is 5.41 Å². The summed E-state index contributed by atoms with van der Waals surface area (Å²) in [5.74, 6) is -0.382. The number of rotatable bonds is 8. The van der Waals surface area contributed by atoms with E-state index in [-0.39, 0.29) is 35.3 Å². The maximum atomic E-state index is 13.6. The van der Waals surface area contributed by atoms with Gasteiger partial charge in [-0.2, -0.15) is 0 Å². The summed E-state index contributed by atoms with van der Waals surface area (Å²) in [4.78, 5) is 53.5. The fourth-order valence-corrected chi connectivity index (χ4v) is 5.53. The van der Waals surface area contributed by atoms with Crippen LogP contribution >= 0.6 is 0 Å². The molecule has 216 valence electrons. The number of carbonyl (C=O) groups excluding carboxylic acids is 2. The van der Waals surface area contributed by atoms with E-state index in [0.29, 0.717) is 36.1 Å². The molecule has 11 heteroatoms. The molecule has 2 aliphatic rings. The number of nitrogens with zero attached hydrogens (tertiary/aromatic N) is 4. The van der Waals surface area contributed by atoms with Gasteiger partial charge in [-0.25, -0.2) is 4.98 Å². The molecule has 2 saturated heterocycles. The van der Waals surface area contributed by atoms with Crippen LogP contribution in [0.2, 0.25) is 0 Å². The molecule has 0 aromatic carbocycles. The highest BCUT2D eigenvalue weighted by Crippen LogP contribution is 2.23. The molecule has 0 atom stereocenters. The second-order valence-electron chi connectivity index (χ2n) is 11.2. The maximum absolute atomic E-state index is 13.6. The highest BCUT2D eigenvalue weighted by Gasteiger charge is 2.30. The van der Waals surface area contributed by atoms with Crippen molar-refractivity contribution < 1.29 is 9.59 Å². The van der Waals surface area contributed by atoms with Gasteiger partial charge in [-0.1, -0.05) is 0 Å². The fraction of sp³-hybridized carbons (Fsp3) is 0.552. The summed E-state index contributed by atoms with van der Waals surface area (Å²) in [5.41, 5.74) is 2.37. The second kappa shape index (κ2) is 12.7. The minimum Gasteiger partial charge on any atom is -0.367 e. The van der Waals surface area contributed by atoms with E-state index in [9.17, 15) is 14.4 Å². The van der Waals surface area contributed by atoms with E-state index >= 15 is 0 Å². The number of piperazine rings is 1. The monoisotopic (exact) mass is 550 g/mol. The van der Waals surface area contributed by atoms with Gasteiger partial charge in [0, 0.05) is 80.9 Å². The Balaban J connectivity index is 1.54. The molecule has 2 aromatic rings. The topological polar surface area (TPSA) is 138 Å². The smallest absolute Gasteiger partial charge is 0.272 e. The average molecular weight is 551 g/mol. The van der Waals surface area contributed by atoms with Crippen LogP contribution in [0.4, 0.5) is 5.82 Å². The molecule has 0 bridgehead atoms. The van der Waals surface area contributed by atoms with E-state index in [1.165, 1.54) is 6.07 Å². The molecule has 4 N–H and O–H groups in total. The summed E-state index contributed by atoms with van der Waals surface area (Å²) in [6.45, 7) is 13.0. The van der Waals surface area contributed by atoms with Crippen LogP contribution in [0.3, 0.4) is 0 Å². The molecule has 2 amide bonds. The zero-order valence-corrected chi connectivity index (χ0v) is 24.3. The van der Waals surface area contributed by atoms with Crippen molar-refractivity contribution in [2.75, 3.05) is 51.6 Å². The molecule has 0 saturated carbocycles. The van der Waals surface area contributed by atoms with Gasteiger partial charge in [-0.05, 0) is 65.3 Å². The van der Waals surface area contributed by atoms with Crippen LogP contribution in [0.25, 0.3) is 0 Å². The van der Waals surface area contributed by atoms with Gasteiger partial charge in [0.1, 0.15) is 11.5 Å². The molecule has 2 fully saturated rings. The number of hydrogen-bond acceptors (Lipinski definition) is 8. The van der Waals surface area contributed by atoms with Crippen LogP contribution in [0, 0.1) is 19.3 Å². The van der Waals surface area contributed by atoms with Crippen LogP contribution < -0.4 is 16.2 Å². The minimum atomic E-state index is -0.477. The van der Waals surface area contributed by atoms with Gasteiger partial charge in [0.15, 0.2) is 0 Å². The molecule has 4 rings (SSSR count). The Hall–Kier alpha value is -3.57. The second-order valence-corrected chi connectivity index (χ2v) is 11.2. The Kier molecular flexibility index (Phi) is 9.36. The number of aromatic nitrogens is 2. The molecule has 40 heavy (non-hydrogen) atoms. The Bertz CT molecular complexity index is 1310. The van der Waals surface area contributed by atoms with Crippen molar-refractivity contribution in [2.24, 2.45) is 0 Å². The number of aryl methyl sites for hydroxylation is 2. The summed E-state index contributed by atoms with van der Waals surface area (Å²) < 4.78 is 0. The van der Waals surface area contributed by atoms with Crippen LogP contribution in [0.1, 0.15) is 69.9 Å². The highest BCUT2D eigenvalue weighted by molar-refractivity contribution is 6.06. The molecule has 4 heterocycles. The fourth-order valence-electron chi connectivity index (χ4n) is 5.53. The third kappa shape index (κ3) is 6.76. The van der Waals surface area contributed by atoms with Crippen molar-refractivity contribution in [1.29, 1.82) is 5.41 Å². The third-order valence-corrected chi connectivity index (χ3v) is 7.82. The highest BCUT2D eigenvalue weighted by atomic mass is 16.2. The van der Waals surface area contributed by atoms with Crippen LogP contribution in [0.15, 0.2) is 16.9 Å². The van der Waals surface area contributed by atoms with Crippen molar-refractivity contribution >= 4 is 23.8 Å². The van der Waals surface area contributed by atoms with Gasteiger partial charge in [0.2, 0.25) is 0 Å². The zero-order chi connectivity index (χ0) is 29.0. The Morgan fingerprint density at radius 2 is 1.80 bits per heavy atom. The number of carbonyl (C=O) groups is 2. The van der Waals surface area contributed by atoms with Crippen molar-refractivity contribution in [3.63, 3.8) is 0 Å². The van der Waals surface area contributed by atoms with Gasteiger partial charge in [-0.3, -0.25) is 19.3 Å². The molecule has 0 radical (unpaired) electrons. The number of nitrogens with one attached hydrogen (secondary N) is 4. The number of piperidine rings is 1. The number of anilines is 1. The molecule has 0 unspecified atom stereocenters. The normalized spacial score (nSPS) is 17.2. The Morgan fingerprint density at radius 3 is 2.40 bits per heavy atom. The van der Waals surface area contributed by atoms with Crippen LogP contribution in [-0.2, 0) is 6.54 Å². The van der Waals surface area contributed by atoms with Crippen molar-refractivity contribution in [1.82, 2.24) is 30.0 Å². The van der Waals surface area contributed by atoms with Gasteiger partial charge >= 0.3 is 0 Å². The first-order valence-corrected chi connectivity index (χ1v) is 14.1. The van der Waals surface area contributed by atoms with Crippen LogP contribution in [-0.4, -0.2) is 101 Å². The standard InChI is InChI=1S/C29H42N8O3/c1-18(2)32-26-23(16-30)22(27(38)31-17-24-19(3)14-20(4)33-28(24)39)15-25(34-26)29(40)37-8-6-21(7-9-37)36-12-10-35(5)11-13-36/h14-16,18,21,30H,6-13,17H2,1-5H3,(H,31,38)(H,32,34)(H,33,39). The summed E-state index contributed by atoms with van der Waals surface area (Å²) >= 11 is 0. The lowest BCUT2D eigenvalue weighted by Gasteiger charge is -2.42. The van der Waals surface area contributed by atoms with Gasteiger partial charge in [-0.15, -0.1) is 0 Å². The molecule has 0 spiro atoms. The first kappa shape index (κ1) is 29.4. The molecule has 2 aliphatic heterocycles. The first-order chi connectivity index (χ1) is 19.1. The van der Waals surface area contributed by atoms with E-state index in [2.05, 4.69) is 37.4 Å². The molecular formula is C29H42N8O3. The quantitative estimate of drug-likeness (QED) is 0.369. The van der Waals surface area contributed by atoms with E-state index in [1.54, 1.807) is 6.92 Å². The predicted molar refractivity (Wildman–Crippen MR) is 157 cm³/mol. The molecule has 0 aliphatic carbocycles. The number of likely N-dealkylation sites (tertiary alicyclic amines) is 1. The minimum absolute atomic E-state index is 0.0239. The van der Waals surface area contributed by atoms with E-state index in [0.717, 1.165) is 56.5 Å². The van der Waals surface area contributed by atoms with Crippen molar-refractivity contribution in [3.05, 3.63) is 56.1 Å². The number of hydrogen-bond donors (Lipinski definition) is 4. The summed E-state index contributed by atoms with van der Waals surface area (Å²) in [6.07, 6.45) is 2.89. The largest absolute Gasteiger partial charge is 0.367 e. The van der Waals surface area contributed by atoms with E-state index in [1.807, 2.05) is 31.7 Å². The lowest BCUT2D eigenvalue weighted by molar-refractivity contribution is 0.0514.